The molecule has 2 amide bonds. The van der Waals surface area contributed by atoms with E-state index in [2.05, 4.69) is 15.8 Å². The van der Waals surface area contributed by atoms with Crippen LogP contribution in [-0.2, 0) is 26.0 Å². The van der Waals surface area contributed by atoms with Gasteiger partial charge in [0.1, 0.15) is 11.6 Å². The van der Waals surface area contributed by atoms with Crippen molar-refractivity contribution in [2.75, 3.05) is 25.0 Å². The van der Waals surface area contributed by atoms with Gasteiger partial charge in [0.2, 0.25) is 10.0 Å². The van der Waals surface area contributed by atoms with Gasteiger partial charge in [-0.15, -0.1) is 0 Å². The zero-order valence-corrected chi connectivity index (χ0v) is 24.3. The lowest BCUT2D eigenvalue weighted by Gasteiger charge is -2.21. The molecular formula is C32H31FN4O5S. The molecule has 4 aromatic carbocycles. The summed E-state index contributed by atoms with van der Waals surface area (Å²) in [5.74, 6) is -0.954. The second kappa shape index (κ2) is 14.9. The fourth-order valence-corrected chi connectivity index (χ4v) is 5.34. The molecule has 0 saturated heterocycles. The van der Waals surface area contributed by atoms with Gasteiger partial charge in [-0.25, -0.2) is 18.2 Å². The van der Waals surface area contributed by atoms with Gasteiger partial charge in [0.25, 0.3) is 11.8 Å². The van der Waals surface area contributed by atoms with E-state index in [4.69, 9.17) is 4.74 Å². The van der Waals surface area contributed by atoms with E-state index in [1.165, 1.54) is 42.6 Å². The number of ether oxygens (including phenoxy) is 1. The van der Waals surface area contributed by atoms with E-state index < -0.39 is 34.2 Å². The number of halogens is 1. The van der Waals surface area contributed by atoms with Crippen LogP contribution in [0.25, 0.3) is 0 Å². The van der Waals surface area contributed by atoms with Crippen molar-refractivity contribution in [2.24, 2.45) is 5.10 Å². The van der Waals surface area contributed by atoms with Crippen molar-refractivity contribution in [3.63, 3.8) is 0 Å². The minimum atomic E-state index is -3.93. The van der Waals surface area contributed by atoms with Crippen molar-refractivity contribution >= 4 is 33.7 Å². The van der Waals surface area contributed by atoms with Crippen LogP contribution in [0.2, 0.25) is 0 Å². The van der Waals surface area contributed by atoms with Crippen LogP contribution in [0.15, 0.2) is 113 Å². The van der Waals surface area contributed by atoms with Gasteiger partial charge < -0.3 is 10.1 Å². The molecular weight excluding hydrogens is 571 g/mol. The molecule has 43 heavy (non-hydrogen) atoms. The lowest BCUT2D eigenvalue weighted by atomic mass is 10.1. The summed E-state index contributed by atoms with van der Waals surface area (Å²) in [6.45, 7) is 1.33. The van der Waals surface area contributed by atoms with Gasteiger partial charge in [0, 0.05) is 12.2 Å². The smallest absolute Gasteiger partial charge is 0.262 e. The summed E-state index contributed by atoms with van der Waals surface area (Å²) in [6, 6.07) is 27.9. The molecule has 0 atom stereocenters. The average Bonchev–Trinajstić information content (AvgIpc) is 3.00. The molecule has 0 unspecified atom stereocenters. The van der Waals surface area contributed by atoms with Crippen LogP contribution in [0.5, 0.6) is 5.75 Å². The number of anilines is 1. The minimum absolute atomic E-state index is 0.109. The predicted molar refractivity (Wildman–Crippen MR) is 163 cm³/mol. The Morgan fingerprint density at radius 3 is 2.23 bits per heavy atom. The van der Waals surface area contributed by atoms with Crippen molar-refractivity contribution in [3.05, 3.63) is 126 Å². The molecule has 0 saturated carbocycles. The van der Waals surface area contributed by atoms with Crippen LogP contribution in [0.1, 0.15) is 16.7 Å². The number of aryl methyl sites for hydroxylation is 1. The molecule has 0 spiro atoms. The monoisotopic (exact) mass is 602 g/mol. The number of amides is 2. The Kier molecular flexibility index (Phi) is 10.7. The SMILES string of the molecule is Cc1ccc(S(=O)(=O)N(CCc2ccccc2)CC(=O)N/N=C/c2ccc(OCC(=O)Nc3ccc(F)cc3)cc2)cc1. The molecule has 0 bridgehead atoms. The van der Waals surface area contributed by atoms with E-state index in [0.29, 0.717) is 23.4 Å². The number of hydrazone groups is 1. The van der Waals surface area contributed by atoms with Crippen molar-refractivity contribution in [3.8, 4) is 5.75 Å². The van der Waals surface area contributed by atoms with E-state index in [1.54, 1.807) is 36.4 Å². The molecule has 222 valence electrons. The Bertz CT molecular complexity index is 1650. The van der Waals surface area contributed by atoms with Gasteiger partial charge in [-0.1, -0.05) is 48.0 Å². The summed E-state index contributed by atoms with van der Waals surface area (Å²) >= 11 is 0. The van der Waals surface area contributed by atoms with Gasteiger partial charge in [0.05, 0.1) is 17.7 Å². The van der Waals surface area contributed by atoms with E-state index in [-0.39, 0.29) is 18.0 Å². The summed E-state index contributed by atoms with van der Waals surface area (Å²) in [5.41, 5.74) is 5.36. The molecule has 0 aromatic heterocycles. The topological polar surface area (TPSA) is 117 Å². The van der Waals surface area contributed by atoms with Crippen LogP contribution in [0, 0.1) is 12.7 Å². The molecule has 0 heterocycles. The second-order valence-electron chi connectivity index (χ2n) is 9.59. The van der Waals surface area contributed by atoms with Gasteiger partial charge in [-0.3, -0.25) is 9.59 Å². The highest BCUT2D eigenvalue weighted by molar-refractivity contribution is 7.89. The number of hydrogen-bond donors (Lipinski definition) is 2. The third-order valence-corrected chi connectivity index (χ3v) is 8.11. The lowest BCUT2D eigenvalue weighted by Crippen LogP contribution is -2.40. The largest absolute Gasteiger partial charge is 0.484 e. The molecule has 9 nitrogen and oxygen atoms in total. The molecule has 0 aliphatic heterocycles. The number of carbonyl (C=O) groups excluding carboxylic acids is 2. The quantitative estimate of drug-likeness (QED) is 0.172. The highest BCUT2D eigenvalue weighted by Gasteiger charge is 2.26. The molecule has 4 aromatic rings. The maximum absolute atomic E-state index is 13.4. The first kappa shape index (κ1) is 31.1. The van der Waals surface area contributed by atoms with Crippen molar-refractivity contribution in [2.45, 2.75) is 18.2 Å². The third kappa shape index (κ3) is 9.59. The zero-order chi connectivity index (χ0) is 30.7. The summed E-state index contributed by atoms with van der Waals surface area (Å²) < 4.78 is 46.4. The van der Waals surface area contributed by atoms with Crippen molar-refractivity contribution in [1.29, 1.82) is 0 Å². The normalized spacial score (nSPS) is 11.4. The zero-order valence-electron chi connectivity index (χ0n) is 23.4. The second-order valence-corrected chi connectivity index (χ2v) is 11.5. The number of hydrogen-bond acceptors (Lipinski definition) is 6. The van der Waals surface area contributed by atoms with Crippen LogP contribution in [-0.4, -0.2) is 50.4 Å². The standard InChI is InChI=1S/C32H31FN4O5S/c1-24-7-17-30(18-8-24)43(40,41)37(20-19-25-5-3-2-4-6-25)22-31(38)36-34-21-26-9-15-29(16-10-26)42-23-32(39)35-28-13-11-27(33)12-14-28/h2-18,21H,19-20,22-23H2,1H3,(H,35,39)(H,36,38)/b34-21+. The predicted octanol–water partition coefficient (Wildman–Crippen LogP) is 4.54. The molecule has 0 aliphatic rings. The third-order valence-electron chi connectivity index (χ3n) is 6.25. The Morgan fingerprint density at radius 1 is 0.884 bits per heavy atom. The number of rotatable bonds is 13. The van der Waals surface area contributed by atoms with E-state index in [9.17, 15) is 22.4 Å². The Labute approximate surface area is 250 Å². The van der Waals surface area contributed by atoms with Gasteiger partial charge >= 0.3 is 0 Å². The summed E-state index contributed by atoms with van der Waals surface area (Å²) in [7, 11) is -3.93. The van der Waals surface area contributed by atoms with Crippen LogP contribution < -0.4 is 15.5 Å². The first-order valence-corrected chi connectivity index (χ1v) is 14.8. The summed E-state index contributed by atoms with van der Waals surface area (Å²) in [5, 5.41) is 6.56. The fraction of sp³-hybridized carbons (Fsp3) is 0.156. The fourth-order valence-electron chi connectivity index (χ4n) is 3.95. The highest BCUT2D eigenvalue weighted by Crippen LogP contribution is 2.17. The number of benzene rings is 4. The van der Waals surface area contributed by atoms with E-state index >= 15 is 0 Å². The number of nitrogens with zero attached hydrogens (tertiary/aromatic N) is 2. The molecule has 0 fully saturated rings. The summed E-state index contributed by atoms with van der Waals surface area (Å²) in [4.78, 5) is 24.9. The van der Waals surface area contributed by atoms with E-state index in [1.807, 2.05) is 37.3 Å². The Hall–Kier alpha value is -4.87. The maximum Gasteiger partial charge on any atom is 0.262 e. The Morgan fingerprint density at radius 2 is 1.56 bits per heavy atom. The molecule has 0 aliphatic carbocycles. The number of nitrogens with one attached hydrogen (secondary N) is 2. The highest BCUT2D eigenvalue weighted by atomic mass is 32.2. The van der Waals surface area contributed by atoms with E-state index in [0.717, 1.165) is 15.4 Å². The van der Waals surface area contributed by atoms with Gasteiger partial charge in [0.15, 0.2) is 6.61 Å². The van der Waals surface area contributed by atoms with Crippen LogP contribution >= 0.6 is 0 Å². The summed E-state index contributed by atoms with van der Waals surface area (Å²) in [6.07, 6.45) is 1.84. The molecule has 4 rings (SSSR count). The molecule has 2 N–H and O–H groups in total. The number of sulfonamides is 1. The van der Waals surface area contributed by atoms with Crippen molar-refractivity contribution < 1.29 is 27.1 Å². The van der Waals surface area contributed by atoms with Gasteiger partial charge in [-0.2, -0.15) is 9.41 Å². The van der Waals surface area contributed by atoms with Crippen LogP contribution in [0.3, 0.4) is 0 Å². The maximum atomic E-state index is 13.4. The van der Waals surface area contributed by atoms with Gasteiger partial charge in [-0.05, 0) is 85.1 Å². The molecule has 0 radical (unpaired) electrons. The van der Waals surface area contributed by atoms with Crippen molar-refractivity contribution in [1.82, 2.24) is 9.73 Å². The molecule has 11 heteroatoms. The van der Waals surface area contributed by atoms with Crippen LogP contribution in [0.4, 0.5) is 10.1 Å². The number of carbonyl (C=O) groups is 2. The average molecular weight is 603 g/mol. The lowest BCUT2D eigenvalue weighted by molar-refractivity contribution is -0.121. The Balaban J connectivity index is 1.31. The first-order chi connectivity index (χ1) is 20.7. The minimum Gasteiger partial charge on any atom is -0.484 e. The first-order valence-electron chi connectivity index (χ1n) is 13.4.